The molecule has 0 aliphatic carbocycles. The van der Waals surface area contributed by atoms with Crippen LogP contribution in [0.1, 0.15) is 15.9 Å². The average molecular weight is 384 g/mol. The molecule has 0 aliphatic rings. The van der Waals surface area contributed by atoms with E-state index in [9.17, 15) is 4.79 Å². The van der Waals surface area contributed by atoms with Gasteiger partial charge < -0.3 is 10.6 Å². The molecule has 2 aromatic heterocycles. The second-order valence-electron chi connectivity index (χ2n) is 5.09. The minimum absolute atomic E-state index is 0.277. The molecule has 0 saturated carbocycles. The van der Waals surface area contributed by atoms with E-state index in [-0.39, 0.29) is 5.91 Å². The van der Waals surface area contributed by atoms with Crippen molar-refractivity contribution in [3.63, 3.8) is 0 Å². The number of hydrogen-bond donors (Lipinski definition) is 2. The zero-order valence-corrected chi connectivity index (χ0v) is 14.4. The van der Waals surface area contributed by atoms with Gasteiger partial charge in [-0.3, -0.25) is 9.78 Å². The molecule has 2 heterocycles. The van der Waals surface area contributed by atoms with Crippen LogP contribution in [0.2, 0.25) is 0 Å². The van der Waals surface area contributed by atoms with Crippen LogP contribution in [0.4, 0.5) is 17.3 Å². The van der Waals surface area contributed by atoms with Crippen molar-refractivity contribution < 1.29 is 4.79 Å². The molecule has 0 aliphatic heterocycles. The van der Waals surface area contributed by atoms with E-state index in [1.54, 1.807) is 30.5 Å². The Balaban J connectivity index is 1.67. The van der Waals surface area contributed by atoms with E-state index in [2.05, 4.69) is 41.7 Å². The van der Waals surface area contributed by atoms with E-state index in [0.29, 0.717) is 17.2 Å². The van der Waals surface area contributed by atoms with Crippen molar-refractivity contribution in [3.8, 4) is 0 Å². The first kappa shape index (κ1) is 16.1. The Morgan fingerprint density at radius 1 is 1.08 bits per heavy atom. The van der Waals surface area contributed by atoms with Crippen molar-refractivity contribution >= 4 is 39.2 Å². The third-order valence-electron chi connectivity index (χ3n) is 3.27. The van der Waals surface area contributed by atoms with Crippen LogP contribution >= 0.6 is 15.9 Å². The molecule has 3 rings (SSSR count). The van der Waals surface area contributed by atoms with Gasteiger partial charge in [0.1, 0.15) is 0 Å². The van der Waals surface area contributed by atoms with Gasteiger partial charge in [0.2, 0.25) is 0 Å². The average Bonchev–Trinajstić information content (AvgIpc) is 2.61. The number of anilines is 3. The van der Waals surface area contributed by atoms with Crippen LogP contribution in [0, 0.1) is 6.92 Å². The molecule has 120 valence electrons. The molecule has 0 atom stereocenters. The van der Waals surface area contributed by atoms with E-state index in [4.69, 9.17) is 0 Å². The molecule has 6 nitrogen and oxygen atoms in total. The number of pyridine rings is 1. The fourth-order valence-electron chi connectivity index (χ4n) is 1.97. The number of nitrogens with zero attached hydrogens (tertiary/aromatic N) is 3. The first-order chi connectivity index (χ1) is 11.6. The number of aryl methyl sites for hydroxylation is 1. The lowest BCUT2D eigenvalue weighted by atomic mass is 10.2. The van der Waals surface area contributed by atoms with Crippen molar-refractivity contribution in [1.29, 1.82) is 0 Å². The maximum atomic E-state index is 12.0. The Morgan fingerprint density at radius 3 is 2.54 bits per heavy atom. The van der Waals surface area contributed by atoms with Gasteiger partial charge in [-0.1, -0.05) is 22.0 Å². The van der Waals surface area contributed by atoms with Crippen molar-refractivity contribution in [3.05, 3.63) is 70.5 Å². The van der Waals surface area contributed by atoms with Crippen molar-refractivity contribution in [2.45, 2.75) is 6.92 Å². The van der Waals surface area contributed by atoms with Crippen LogP contribution in [-0.4, -0.2) is 21.1 Å². The van der Waals surface area contributed by atoms with Crippen LogP contribution in [0.5, 0.6) is 0 Å². The third-order valence-corrected chi connectivity index (χ3v) is 4.13. The molecule has 3 aromatic rings. The number of hydrogen-bond acceptors (Lipinski definition) is 5. The lowest BCUT2D eigenvalue weighted by molar-refractivity contribution is 0.102. The number of aromatic nitrogens is 3. The van der Waals surface area contributed by atoms with Crippen LogP contribution in [0.3, 0.4) is 0 Å². The predicted molar refractivity (Wildman–Crippen MR) is 96.4 cm³/mol. The van der Waals surface area contributed by atoms with E-state index in [1.165, 1.54) is 6.20 Å². The normalized spacial score (nSPS) is 10.2. The molecule has 1 amide bonds. The maximum absolute atomic E-state index is 12.0. The molecule has 0 fully saturated rings. The number of rotatable bonds is 4. The minimum atomic E-state index is -0.277. The quantitative estimate of drug-likeness (QED) is 0.712. The molecule has 7 heteroatoms. The summed E-state index contributed by atoms with van der Waals surface area (Å²) in [4.78, 5) is 15.9. The summed E-state index contributed by atoms with van der Waals surface area (Å²) in [5.41, 5.74) is 2.51. The van der Waals surface area contributed by atoms with Crippen LogP contribution in [0.15, 0.2) is 59.3 Å². The molecular weight excluding hydrogens is 370 g/mol. The molecule has 1 aromatic carbocycles. The molecule has 24 heavy (non-hydrogen) atoms. The molecule has 0 unspecified atom stereocenters. The first-order valence-corrected chi connectivity index (χ1v) is 7.99. The number of nitrogens with one attached hydrogen (secondary N) is 2. The van der Waals surface area contributed by atoms with Gasteiger partial charge in [-0.2, -0.15) is 0 Å². The van der Waals surface area contributed by atoms with E-state index < -0.39 is 0 Å². The Labute approximate surface area is 147 Å². The minimum Gasteiger partial charge on any atom is -0.339 e. The second-order valence-corrected chi connectivity index (χ2v) is 5.94. The number of amides is 1. The lowest BCUT2D eigenvalue weighted by Gasteiger charge is -2.08. The summed E-state index contributed by atoms with van der Waals surface area (Å²) in [6.07, 6.45) is 3.11. The highest BCUT2D eigenvalue weighted by atomic mass is 79.9. The van der Waals surface area contributed by atoms with E-state index >= 15 is 0 Å². The highest BCUT2D eigenvalue weighted by Gasteiger charge is 2.07. The summed E-state index contributed by atoms with van der Waals surface area (Å²) >= 11 is 3.49. The largest absolute Gasteiger partial charge is 0.339 e. The number of benzene rings is 1. The van der Waals surface area contributed by atoms with Gasteiger partial charge in [-0.25, -0.2) is 0 Å². The standard InChI is InChI=1S/C17H14BrN5O/c1-11-4-5-13(9-14(11)18)20-15-6-7-16(23-22-15)21-17(24)12-3-2-8-19-10-12/h2-10H,1H3,(H,20,22)(H,21,23,24). The Morgan fingerprint density at radius 2 is 1.88 bits per heavy atom. The number of carbonyl (C=O) groups excluding carboxylic acids is 1. The third kappa shape index (κ3) is 3.94. The molecule has 0 saturated heterocycles. The summed E-state index contributed by atoms with van der Waals surface area (Å²) in [5.74, 6) is 0.685. The second kappa shape index (κ2) is 7.18. The zero-order chi connectivity index (χ0) is 16.9. The number of carbonyl (C=O) groups is 1. The summed E-state index contributed by atoms with van der Waals surface area (Å²) in [5, 5.41) is 13.9. The van der Waals surface area contributed by atoms with Crippen LogP contribution < -0.4 is 10.6 Å². The highest BCUT2D eigenvalue weighted by Crippen LogP contribution is 2.22. The topological polar surface area (TPSA) is 79.8 Å². The lowest BCUT2D eigenvalue weighted by Crippen LogP contribution is -2.13. The first-order valence-electron chi connectivity index (χ1n) is 7.20. The predicted octanol–water partition coefficient (Wildman–Crippen LogP) is 3.94. The van der Waals surface area contributed by atoms with Gasteiger partial charge in [-0.05, 0) is 48.9 Å². The fourth-order valence-corrected chi connectivity index (χ4v) is 2.35. The summed E-state index contributed by atoms with van der Waals surface area (Å²) in [7, 11) is 0. The van der Waals surface area contributed by atoms with Gasteiger partial charge in [0.25, 0.3) is 5.91 Å². The molecule has 0 radical (unpaired) electrons. The van der Waals surface area contributed by atoms with Gasteiger partial charge in [0, 0.05) is 22.6 Å². The Bertz CT molecular complexity index is 853. The molecule has 2 N–H and O–H groups in total. The van der Waals surface area contributed by atoms with Crippen molar-refractivity contribution in [2.24, 2.45) is 0 Å². The highest BCUT2D eigenvalue weighted by molar-refractivity contribution is 9.10. The zero-order valence-electron chi connectivity index (χ0n) is 12.8. The Hall–Kier alpha value is -2.80. The maximum Gasteiger partial charge on any atom is 0.258 e. The van der Waals surface area contributed by atoms with Gasteiger partial charge in [-0.15, -0.1) is 10.2 Å². The fraction of sp³-hybridized carbons (Fsp3) is 0.0588. The number of halogens is 1. The SMILES string of the molecule is Cc1ccc(Nc2ccc(NC(=O)c3cccnc3)nn2)cc1Br. The van der Waals surface area contributed by atoms with Crippen LogP contribution in [-0.2, 0) is 0 Å². The van der Waals surface area contributed by atoms with Gasteiger partial charge in [0.15, 0.2) is 11.6 Å². The van der Waals surface area contributed by atoms with Gasteiger partial charge in [0.05, 0.1) is 5.56 Å². The summed E-state index contributed by atoms with van der Waals surface area (Å²) < 4.78 is 1.01. The van der Waals surface area contributed by atoms with Crippen molar-refractivity contribution in [1.82, 2.24) is 15.2 Å². The smallest absolute Gasteiger partial charge is 0.258 e. The monoisotopic (exact) mass is 383 g/mol. The van der Waals surface area contributed by atoms with Crippen molar-refractivity contribution in [2.75, 3.05) is 10.6 Å². The molecule has 0 bridgehead atoms. The van der Waals surface area contributed by atoms with E-state index in [0.717, 1.165) is 15.7 Å². The van der Waals surface area contributed by atoms with Crippen LogP contribution in [0.25, 0.3) is 0 Å². The Kier molecular flexibility index (Phi) is 4.81. The summed E-state index contributed by atoms with van der Waals surface area (Å²) in [6, 6.07) is 12.7. The van der Waals surface area contributed by atoms with Gasteiger partial charge >= 0.3 is 0 Å². The summed E-state index contributed by atoms with van der Waals surface area (Å²) in [6.45, 7) is 2.02. The van der Waals surface area contributed by atoms with E-state index in [1.807, 2.05) is 25.1 Å². The molecule has 0 spiro atoms. The molecular formula is C17H14BrN5O.